The molecule has 0 N–H and O–H groups in total. The maximum Gasteiger partial charge on any atom is 0.416 e. The van der Waals surface area contributed by atoms with Crippen molar-refractivity contribution in [3.63, 3.8) is 0 Å². The summed E-state index contributed by atoms with van der Waals surface area (Å²) in [5.41, 5.74) is 5.81. The van der Waals surface area contributed by atoms with Crippen LogP contribution >= 0.6 is 0 Å². The highest BCUT2D eigenvalue weighted by molar-refractivity contribution is 5.93. The lowest BCUT2D eigenvalue weighted by atomic mass is 9.78. The minimum absolute atomic E-state index is 0.0118. The second-order valence-corrected chi connectivity index (χ2v) is 13.7. The molecule has 1 aliphatic carbocycles. The molecule has 0 unspecified atom stereocenters. The van der Waals surface area contributed by atoms with Gasteiger partial charge in [-0.3, -0.25) is 0 Å². The predicted octanol–water partition coefficient (Wildman–Crippen LogP) is 12.4. The summed E-state index contributed by atoms with van der Waals surface area (Å²) >= 11 is 0. The zero-order valence-electron chi connectivity index (χ0n) is 27.2. The SMILES string of the molecule is Cc1c(-c2cc(C(C)C)c(-c3ccc4c(c3)C(C)(C)c3c-4cc(C(F)(F)F)cc3C(F)(F)F)cc2C(C)C)n(C)c2ccccc12. The molecule has 4 aromatic carbocycles. The summed E-state index contributed by atoms with van der Waals surface area (Å²) < 4.78 is 86.6. The van der Waals surface area contributed by atoms with E-state index in [9.17, 15) is 26.3 Å². The van der Waals surface area contributed by atoms with E-state index in [1.165, 1.54) is 10.9 Å². The lowest BCUT2D eigenvalue weighted by molar-refractivity contribution is -0.143. The van der Waals surface area contributed by atoms with Crippen molar-refractivity contribution in [3.05, 3.63) is 106 Å². The molecular formula is C39H37F6N. The zero-order chi connectivity index (χ0) is 33.7. The first-order chi connectivity index (χ1) is 21.3. The van der Waals surface area contributed by atoms with E-state index in [-0.39, 0.29) is 29.0 Å². The first-order valence-electron chi connectivity index (χ1n) is 15.5. The number of fused-ring (bicyclic) bond motifs is 4. The fourth-order valence-corrected chi connectivity index (χ4v) is 7.52. The summed E-state index contributed by atoms with van der Waals surface area (Å²) in [6.07, 6.45) is -9.86. The molecule has 0 saturated heterocycles. The van der Waals surface area contributed by atoms with Crippen LogP contribution in [-0.4, -0.2) is 4.57 Å². The van der Waals surface area contributed by atoms with Crippen LogP contribution in [0.25, 0.3) is 44.4 Å². The van der Waals surface area contributed by atoms with E-state index in [1.54, 1.807) is 19.9 Å². The van der Waals surface area contributed by atoms with Gasteiger partial charge in [0.05, 0.1) is 16.8 Å². The molecule has 0 saturated carbocycles. The first-order valence-corrected chi connectivity index (χ1v) is 15.5. The lowest BCUT2D eigenvalue weighted by Gasteiger charge is -2.27. The van der Waals surface area contributed by atoms with Crippen LogP contribution in [0.15, 0.2) is 66.7 Å². The van der Waals surface area contributed by atoms with Gasteiger partial charge in [-0.2, -0.15) is 26.3 Å². The number of nitrogens with zero attached hydrogens (tertiary/aromatic N) is 1. The Morgan fingerprint density at radius 2 is 1.28 bits per heavy atom. The standard InChI is InChI=1S/C39H37F6N/c1-20(2)27-19-31(36-22(5)25-11-9-10-12-34(25)46(36)8)28(21(3)4)18-29(27)23-13-14-26-30-16-24(38(40,41)42)17-33(39(43,44)45)35(30)37(6,7)32(26)15-23/h9-21H,1-8H3. The van der Waals surface area contributed by atoms with Gasteiger partial charge in [0, 0.05) is 28.9 Å². The molecule has 0 atom stereocenters. The maximum absolute atomic E-state index is 14.3. The van der Waals surface area contributed by atoms with Crippen LogP contribution in [0, 0.1) is 6.92 Å². The van der Waals surface area contributed by atoms with E-state index in [0.29, 0.717) is 11.1 Å². The van der Waals surface area contributed by atoms with Crippen molar-refractivity contribution < 1.29 is 26.3 Å². The first kappa shape index (κ1) is 32.0. The van der Waals surface area contributed by atoms with Crippen molar-refractivity contribution in [3.8, 4) is 33.5 Å². The van der Waals surface area contributed by atoms with E-state index in [0.717, 1.165) is 45.1 Å². The lowest BCUT2D eigenvalue weighted by Crippen LogP contribution is -2.22. The van der Waals surface area contributed by atoms with Gasteiger partial charge in [-0.25, -0.2) is 0 Å². The average Bonchev–Trinajstić information content (AvgIpc) is 3.36. The Labute approximate surface area is 265 Å². The van der Waals surface area contributed by atoms with E-state index in [4.69, 9.17) is 0 Å². The molecule has 0 radical (unpaired) electrons. The number of aromatic nitrogens is 1. The summed E-state index contributed by atoms with van der Waals surface area (Å²) in [5, 5.41) is 1.19. The van der Waals surface area contributed by atoms with Crippen LogP contribution < -0.4 is 0 Å². The summed E-state index contributed by atoms with van der Waals surface area (Å²) in [5.74, 6) is 0.284. The van der Waals surface area contributed by atoms with E-state index >= 15 is 0 Å². The topological polar surface area (TPSA) is 4.93 Å². The van der Waals surface area contributed by atoms with Crippen LogP contribution in [0.4, 0.5) is 26.3 Å². The highest BCUT2D eigenvalue weighted by atomic mass is 19.4. The average molecular weight is 634 g/mol. The maximum atomic E-state index is 14.3. The third-order valence-corrected chi connectivity index (χ3v) is 9.77. The third-order valence-electron chi connectivity index (χ3n) is 9.77. The van der Waals surface area contributed by atoms with Crippen molar-refractivity contribution in [1.82, 2.24) is 4.57 Å². The van der Waals surface area contributed by atoms with Gasteiger partial charge < -0.3 is 4.57 Å². The minimum atomic E-state index is -4.94. The molecule has 0 amide bonds. The fourth-order valence-electron chi connectivity index (χ4n) is 7.52. The number of rotatable bonds is 4. The van der Waals surface area contributed by atoms with Crippen molar-refractivity contribution in [2.45, 2.75) is 78.1 Å². The van der Waals surface area contributed by atoms with Gasteiger partial charge in [-0.05, 0) is 105 Å². The Kier molecular flexibility index (Phi) is 7.30. The molecular weight excluding hydrogens is 596 g/mol. The molecule has 0 fully saturated rings. The van der Waals surface area contributed by atoms with Crippen molar-refractivity contribution in [1.29, 1.82) is 0 Å². The van der Waals surface area contributed by atoms with Crippen LogP contribution in [0.1, 0.15) is 92.3 Å². The third kappa shape index (κ3) is 4.85. The highest BCUT2D eigenvalue weighted by Gasteiger charge is 2.47. The van der Waals surface area contributed by atoms with Crippen LogP contribution in [0.3, 0.4) is 0 Å². The number of para-hydroxylation sites is 1. The summed E-state index contributed by atoms with van der Waals surface area (Å²) in [7, 11) is 2.08. The number of hydrogen-bond donors (Lipinski definition) is 0. The smallest absolute Gasteiger partial charge is 0.343 e. The second kappa shape index (κ2) is 10.5. The number of halogens is 6. The molecule has 1 nitrogen and oxygen atoms in total. The molecule has 240 valence electrons. The normalized spacial score (nSPS) is 14.4. The van der Waals surface area contributed by atoms with Gasteiger partial charge in [0.25, 0.3) is 0 Å². The largest absolute Gasteiger partial charge is 0.416 e. The van der Waals surface area contributed by atoms with Gasteiger partial charge in [0.15, 0.2) is 0 Å². The molecule has 6 rings (SSSR count). The zero-order valence-corrected chi connectivity index (χ0v) is 27.2. The molecule has 1 aromatic heterocycles. The Bertz CT molecular complexity index is 1980. The molecule has 0 bridgehead atoms. The Balaban J connectivity index is 1.59. The predicted molar refractivity (Wildman–Crippen MR) is 174 cm³/mol. The number of aryl methyl sites for hydroxylation is 2. The molecule has 0 spiro atoms. The summed E-state index contributed by atoms with van der Waals surface area (Å²) in [6, 6.07) is 19.3. The molecule has 1 aliphatic rings. The minimum Gasteiger partial charge on any atom is -0.343 e. The van der Waals surface area contributed by atoms with E-state index in [1.807, 2.05) is 24.3 Å². The van der Waals surface area contributed by atoms with Crippen molar-refractivity contribution in [2.75, 3.05) is 0 Å². The Morgan fingerprint density at radius 3 is 1.87 bits per heavy atom. The molecule has 0 aliphatic heterocycles. The highest BCUT2D eigenvalue weighted by Crippen LogP contribution is 2.55. The van der Waals surface area contributed by atoms with Crippen LogP contribution in [0.2, 0.25) is 0 Å². The molecule has 5 aromatic rings. The molecule has 7 heteroatoms. The van der Waals surface area contributed by atoms with Crippen molar-refractivity contribution in [2.24, 2.45) is 7.05 Å². The Morgan fingerprint density at radius 1 is 0.674 bits per heavy atom. The van der Waals surface area contributed by atoms with Crippen molar-refractivity contribution >= 4 is 10.9 Å². The monoisotopic (exact) mass is 633 g/mol. The van der Waals surface area contributed by atoms with Gasteiger partial charge in [-0.1, -0.05) is 71.9 Å². The van der Waals surface area contributed by atoms with Crippen LogP contribution in [-0.2, 0) is 24.8 Å². The van der Waals surface area contributed by atoms with Gasteiger partial charge in [0.1, 0.15) is 0 Å². The number of alkyl halides is 6. The second-order valence-electron chi connectivity index (χ2n) is 13.7. The summed E-state index contributed by atoms with van der Waals surface area (Å²) in [6.45, 7) is 14.0. The Hall–Kier alpha value is -4.00. The van der Waals surface area contributed by atoms with Crippen LogP contribution in [0.5, 0.6) is 0 Å². The fraction of sp³-hybridized carbons (Fsp3) is 0.333. The molecule has 46 heavy (non-hydrogen) atoms. The quantitative estimate of drug-likeness (QED) is 0.174. The molecule has 1 heterocycles. The van der Waals surface area contributed by atoms with Gasteiger partial charge >= 0.3 is 12.4 Å². The van der Waals surface area contributed by atoms with Gasteiger partial charge in [-0.15, -0.1) is 0 Å². The summed E-state index contributed by atoms with van der Waals surface area (Å²) in [4.78, 5) is 0. The number of hydrogen-bond acceptors (Lipinski definition) is 0. The number of benzene rings is 4. The van der Waals surface area contributed by atoms with E-state index in [2.05, 4.69) is 70.5 Å². The van der Waals surface area contributed by atoms with E-state index < -0.39 is 28.9 Å². The van der Waals surface area contributed by atoms with Gasteiger partial charge in [0.2, 0.25) is 0 Å².